The second-order valence-electron chi connectivity index (χ2n) is 4.74. The van der Waals surface area contributed by atoms with E-state index in [1.165, 1.54) is 0 Å². The third-order valence-electron chi connectivity index (χ3n) is 3.21. The van der Waals surface area contributed by atoms with E-state index in [9.17, 15) is 0 Å². The molecule has 0 heterocycles. The van der Waals surface area contributed by atoms with Gasteiger partial charge in [0.2, 0.25) is 0 Å². The van der Waals surface area contributed by atoms with Crippen molar-refractivity contribution < 1.29 is 4.74 Å². The summed E-state index contributed by atoms with van der Waals surface area (Å²) < 4.78 is 6.02. The van der Waals surface area contributed by atoms with Crippen LogP contribution in [0.1, 0.15) is 25.0 Å². The molecule has 0 saturated carbocycles. The summed E-state index contributed by atoms with van der Waals surface area (Å²) in [5, 5.41) is 1.74. The first-order valence-electron chi connectivity index (χ1n) is 6.64. The number of halogens is 3. The lowest BCUT2D eigenvalue weighted by atomic mass is 10.0. The van der Waals surface area contributed by atoms with Crippen LogP contribution in [0, 0.1) is 0 Å². The zero-order chi connectivity index (χ0) is 15.4. The summed E-state index contributed by atoms with van der Waals surface area (Å²) in [5.41, 5.74) is 7.14. The predicted octanol–water partition coefficient (Wildman–Crippen LogP) is 5.50. The molecule has 0 aliphatic heterocycles. The second-order valence-corrected chi connectivity index (χ2v) is 6.02. The number of ether oxygens (including phenoxy) is 1. The van der Waals surface area contributed by atoms with Gasteiger partial charge in [0.05, 0.1) is 5.02 Å². The van der Waals surface area contributed by atoms with Crippen molar-refractivity contribution >= 4 is 34.8 Å². The molecule has 2 aromatic carbocycles. The fraction of sp³-hybridized carbons (Fsp3) is 0.250. The molecule has 2 rings (SSSR count). The molecule has 2 atom stereocenters. The first kappa shape index (κ1) is 16.4. The van der Waals surface area contributed by atoms with Gasteiger partial charge in [0.1, 0.15) is 11.9 Å². The van der Waals surface area contributed by atoms with E-state index in [2.05, 4.69) is 0 Å². The summed E-state index contributed by atoms with van der Waals surface area (Å²) in [6.07, 6.45) is 0.453. The van der Waals surface area contributed by atoms with E-state index in [0.29, 0.717) is 20.8 Å². The molecular weight excluding hydrogens is 329 g/mol. The van der Waals surface area contributed by atoms with Gasteiger partial charge >= 0.3 is 0 Å². The Morgan fingerprint density at radius 3 is 2.24 bits per heavy atom. The lowest BCUT2D eigenvalue weighted by Crippen LogP contribution is -2.31. The summed E-state index contributed by atoms with van der Waals surface area (Å²) in [6.45, 7) is 2.01. The van der Waals surface area contributed by atoms with Gasteiger partial charge in [-0.3, -0.25) is 0 Å². The summed E-state index contributed by atoms with van der Waals surface area (Å²) in [5.74, 6) is 0.521. The zero-order valence-corrected chi connectivity index (χ0v) is 13.8. The van der Waals surface area contributed by atoms with Crippen molar-refractivity contribution in [2.24, 2.45) is 5.73 Å². The van der Waals surface area contributed by atoms with Gasteiger partial charge in [-0.2, -0.15) is 0 Å². The van der Waals surface area contributed by atoms with Crippen molar-refractivity contribution in [3.05, 3.63) is 63.1 Å². The molecule has 0 aliphatic rings. The van der Waals surface area contributed by atoms with Crippen LogP contribution in [-0.2, 0) is 0 Å². The highest BCUT2D eigenvalue weighted by atomic mass is 35.5. The van der Waals surface area contributed by atoms with Crippen LogP contribution >= 0.6 is 34.8 Å². The van der Waals surface area contributed by atoms with E-state index in [4.69, 9.17) is 45.3 Å². The van der Waals surface area contributed by atoms with E-state index in [1.807, 2.05) is 31.2 Å². The summed E-state index contributed by atoms with van der Waals surface area (Å²) in [4.78, 5) is 0. The largest absolute Gasteiger partial charge is 0.482 e. The minimum Gasteiger partial charge on any atom is -0.482 e. The maximum atomic E-state index is 6.19. The van der Waals surface area contributed by atoms with Crippen molar-refractivity contribution in [1.82, 2.24) is 0 Å². The predicted molar refractivity (Wildman–Crippen MR) is 89.5 cm³/mol. The quantitative estimate of drug-likeness (QED) is 0.776. The van der Waals surface area contributed by atoms with Crippen LogP contribution in [0.4, 0.5) is 0 Å². The monoisotopic (exact) mass is 343 g/mol. The molecule has 0 bridgehead atoms. The number of hydrogen-bond acceptors (Lipinski definition) is 2. The summed E-state index contributed by atoms with van der Waals surface area (Å²) >= 11 is 18.1. The smallest absolute Gasteiger partial charge is 0.140 e. The summed E-state index contributed by atoms with van der Waals surface area (Å²) in [6, 6.07) is 12.4. The van der Waals surface area contributed by atoms with Gasteiger partial charge in [0, 0.05) is 22.2 Å². The minimum atomic E-state index is -0.316. The average molecular weight is 345 g/mol. The van der Waals surface area contributed by atoms with E-state index >= 15 is 0 Å². The molecule has 2 nitrogen and oxygen atoms in total. The van der Waals surface area contributed by atoms with Gasteiger partial charge in [0.15, 0.2) is 0 Å². The van der Waals surface area contributed by atoms with Crippen LogP contribution in [0.15, 0.2) is 42.5 Å². The number of hydrogen-bond donors (Lipinski definition) is 1. The lowest BCUT2D eigenvalue weighted by molar-refractivity contribution is 0.171. The Bertz CT molecular complexity index is 601. The highest BCUT2D eigenvalue weighted by Gasteiger charge is 2.21. The Morgan fingerprint density at radius 1 is 1.00 bits per heavy atom. The number of benzene rings is 2. The van der Waals surface area contributed by atoms with E-state index in [1.54, 1.807) is 18.2 Å². The molecular formula is C16H16Cl3NO. The van der Waals surface area contributed by atoms with Crippen molar-refractivity contribution in [3.8, 4) is 5.75 Å². The molecule has 5 heteroatoms. The molecule has 0 radical (unpaired) electrons. The molecule has 0 aliphatic carbocycles. The standard InChI is InChI=1S/C16H16Cl3NO/c1-2-14(20)16(10-3-5-11(17)6-4-10)21-15-9-12(18)7-8-13(15)19/h3-9,14,16H,2,20H2,1H3. The molecule has 0 fully saturated rings. The zero-order valence-electron chi connectivity index (χ0n) is 11.5. The Morgan fingerprint density at radius 2 is 1.62 bits per heavy atom. The Kier molecular flexibility index (Phi) is 5.77. The summed E-state index contributed by atoms with van der Waals surface area (Å²) in [7, 11) is 0. The molecule has 0 aromatic heterocycles. The van der Waals surface area contributed by atoms with E-state index in [0.717, 1.165) is 12.0 Å². The third kappa shape index (κ3) is 4.27. The molecule has 2 N–H and O–H groups in total. The van der Waals surface area contributed by atoms with Crippen LogP contribution < -0.4 is 10.5 Å². The molecule has 0 saturated heterocycles. The maximum Gasteiger partial charge on any atom is 0.140 e. The SMILES string of the molecule is CCC(N)C(Oc1cc(Cl)ccc1Cl)c1ccc(Cl)cc1. The van der Waals surface area contributed by atoms with Gasteiger partial charge < -0.3 is 10.5 Å². The van der Waals surface area contributed by atoms with Crippen molar-refractivity contribution in [1.29, 1.82) is 0 Å². The molecule has 0 amide bonds. The lowest BCUT2D eigenvalue weighted by Gasteiger charge is -2.25. The Balaban J connectivity index is 2.32. The van der Waals surface area contributed by atoms with Crippen LogP contribution in [-0.4, -0.2) is 6.04 Å². The molecule has 2 unspecified atom stereocenters. The molecule has 0 spiro atoms. The topological polar surface area (TPSA) is 35.2 Å². The molecule has 112 valence electrons. The van der Waals surface area contributed by atoms with Crippen molar-refractivity contribution in [2.75, 3.05) is 0 Å². The van der Waals surface area contributed by atoms with Crippen LogP contribution in [0.25, 0.3) is 0 Å². The highest BCUT2D eigenvalue weighted by molar-refractivity contribution is 6.34. The van der Waals surface area contributed by atoms with Gasteiger partial charge in [-0.1, -0.05) is 53.9 Å². The second kappa shape index (κ2) is 7.37. The Labute approximate surface area is 139 Å². The van der Waals surface area contributed by atoms with Crippen LogP contribution in [0.5, 0.6) is 5.75 Å². The van der Waals surface area contributed by atoms with Crippen molar-refractivity contribution in [3.63, 3.8) is 0 Å². The molecule has 2 aromatic rings. The van der Waals surface area contributed by atoms with Gasteiger partial charge in [-0.15, -0.1) is 0 Å². The van der Waals surface area contributed by atoms with Gasteiger partial charge in [0.25, 0.3) is 0 Å². The average Bonchev–Trinajstić information content (AvgIpc) is 2.48. The maximum absolute atomic E-state index is 6.19. The van der Waals surface area contributed by atoms with Gasteiger partial charge in [-0.25, -0.2) is 0 Å². The minimum absolute atomic E-state index is 0.166. The van der Waals surface area contributed by atoms with E-state index < -0.39 is 0 Å². The third-order valence-corrected chi connectivity index (χ3v) is 4.01. The fourth-order valence-electron chi connectivity index (χ4n) is 1.97. The van der Waals surface area contributed by atoms with E-state index in [-0.39, 0.29) is 12.1 Å². The highest BCUT2D eigenvalue weighted by Crippen LogP contribution is 2.33. The number of nitrogens with two attached hydrogens (primary N) is 1. The number of rotatable bonds is 5. The van der Waals surface area contributed by atoms with Crippen LogP contribution in [0.2, 0.25) is 15.1 Å². The normalized spacial score (nSPS) is 13.8. The Hall–Kier alpha value is -0.930. The first-order valence-corrected chi connectivity index (χ1v) is 7.77. The molecule has 21 heavy (non-hydrogen) atoms. The van der Waals surface area contributed by atoms with Gasteiger partial charge in [-0.05, 0) is 36.2 Å². The van der Waals surface area contributed by atoms with Crippen LogP contribution in [0.3, 0.4) is 0 Å². The fourth-order valence-corrected chi connectivity index (χ4v) is 2.42. The first-order chi connectivity index (χ1) is 10.0. The van der Waals surface area contributed by atoms with Crippen molar-refractivity contribution in [2.45, 2.75) is 25.5 Å².